The molecule has 10 heteroatoms. The van der Waals surface area contributed by atoms with Crippen LogP contribution in [0.2, 0.25) is 0 Å². The van der Waals surface area contributed by atoms with E-state index in [1.54, 1.807) is 0 Å². The quantitative estimate of drug-likeness (QED) is 0.0208. The van der Waals surface area contributed by atoms with E-state index >= 15 is 0 Å². The van der Waals surface area contributed by atoms with Crippen LogP contribution in [0.4, 0.5) is 4.79 Å². The monoisotopic (exact) mass is 811 g/mol. The second-order valence-electron chi connectivity index (χ2n) is 15.7. The number of aliphatic hydroxyl groups excluding tert-OH is 2. The zero-order valence-electron chi connectivity index (χ0n) is 36.1. The predicted molar refractivity (Wildman–Crippen MR) is 236 cm³/mol. The molecule has 0 aromatic heterocycles. The Labute approximate surface area is 349 Å². The lowest BCUT2D eigenvalue weighted by atomic mass is 9.99. The molecule has 1 amide bonds. The molecular formula is C46H86N2O7S. The number of esters is 2. The highest BCUT2D eigenvalue weighted by molar-refractivity contribution is 7.96. The normalized spacial score (nSPS) is 12.8. The minimum atomic E-state index is -1.31. The maximum atomic E-state index is 13.2. The Morgan fingerprint density at radius 2 is 0.964 bits per heavy atom. The van der Waals surface area contributed by atoms with E-state index in [1.807, 2.05) is 4.90 Å². The number of unbranched alkanes of at least 4 members (excludes halogenated alkanes) is 22. The Hall–Kier alpha value is -1.88. The summed E-state index contributed by atoms with van der Waals surface area (Å²) in [5.74, 6) is -0.764. The number of allylic oxidation sites excluding steroid dienone is 4. The molecule has 0 aliphatic heterocycles. The van der Waals surface area contributed by atoms with Crippen LogP contribution in [0, 0.1) is 0 Å². The first-order valence-electron chi connectivity index (χ1n) is 22.9. The van der Waals surface area contributed by atoms with Crippen molar-refractivity contribution in [3.63, 3.8) is 0 Å². The van der Waals surface area contributed by atoms with Gasteiger partial charge in [0.25, 0.3) is 5.24 Å². The number of aliphatic hydroxyl groups is 2. The number of thiol groups is 1. The Balaban J connectivity index is 4.78. The van der Waals surface area contributed by atoms with Crippen LogP contribution in [-0.4, -0.2) is 83.9 Å². The number of hydrogen-bond donors (Lipinski definition) is 4. The van der Waals surface area contributed by atoms with E-state index in [2.05, 4.69) is 56.1 Å². The fourth-order valence-corrected chi connectivity index (χ4v) is 6.88. The van der Waals surface area contributed by atoms with Crippen molar-refractivity contribution in [1.29, 1.82) is 0 Å². The maximum absolute atomic E-state index is 13.2. The van der Waals surface area contributed by atoms with E-state index in [1.165, 1.54) is 89.9 Å². The molecule has 0 heterocycles. The number of hydrogen-bond acceptors (Lipinski definition) is 8. The Bertz CT molecular complexity index is 973. The lowest BCUT2D eigenvalue weighted by Gasteiger charge is -2.35. The van der Waals surface area contributed by atoms with Crippen molar-refractivity contribution < 1.29 is 34.1 Å². The average Bonchev–Trinajstić information content (AvgIpc) is 3.18. The van der Waals surface area contributed by atoms with Gasteiger partial charge in [0.05, 0.1) is 19.8 Å². The molecule has 0 aromatic carbocycles. The first-order chi connectivity index (χ1) is 27.3. The van der Waals surface area contributed by atoms with E-state index in [0.29, 0.717) is 26.1 Å². The Morgan fingerprint density at radius 1 is 0.571 bits per heavy atom. The molecule has 1 atom stereocenters. The van der Waals surface area contributed by atoms with Crippen LogP contribution in [0.1, 0.15) is 200 Å². The first-order valence-corrected chi connectivity index (χ1v) is 23.4. The van der Waals surface area contributed by atoms with Crippen molar-refractivity contribution in [3.8, 4) is 0 Å². The minimum Gasteiger partial charge on any atom is -0.461 e. The second-order valence-corrected chi connectivity index (χ2v) is 16.1. The van der Waals surface area contributed by atoms with Crippen LogP contribution in [0.3, 0.4) is 0 Å². The molecule has 0 aromatic rings. The van der Waals surface area contributed by atoms with Gasteiger partial charge in [0.2, 0.25) is 0 Å². The molecule has 0 aliphatic carbocycles. The number of carbonyl (C=O) groups is 3. The van der Waals surface area contributed by atoms with E-state index in [4.69, 9.17) is 9.47 Å². The molecule has 0 radical (unpaired) electrons. The molecule has 56 heavy (non-hydrogen) atoms. The van der Waals surface area contributed by atoms with Crippen molar-refractivity contribution in [2.45, 2.75) is 206 Å². The van der Waals surface area contributed by atoms with Gasteiger partial charge in [-0.25, -0.2) is 0 Å². The number of amides is 1. The molecule has 9 nitrogen and oxygen atoms in total. The van der Waals surface area contributed by atoms with Gasteiger partial charge >= 0.3 is 11.9 Å². The van der Waals surface area contributed by atoms with Crippen LogP contribution in [0.25, 0.3) is 0 Å². The molecule has 3 N–H and O–H groups in total. The van der Waals surface area contributed by atoms with Crippen molar-refractivity contribution in [1.82, 2.24) is 10.2 Å². The molecule has 1 unspecified atom stereocenters. The van der Waals surface area contributed by atoms with Gasteiger partial charge < -0.3 is 25.0 Å². The fraction of sp³-hybridized carbons (Fsp3) is 0.848. The molecular weight excluding hydrogens is 725 g/mol. The van der Waals surface area contributed by atoms with Crippen LogP contribution in [0.15, 0.2) is 24.3 Å². The molecule has 0 aliphatic rings. The van der Waals surface area contributed by atoms with Gasteiger partial charge in [0.1, 0.15) is 6.61 Å². The summed E-state index contributed by atoms with van der Waals surface area (Å²) in [4.78, 5) is 39.8. The fourth-order valence-electron chi connectivity index (χ4n) is 6.80. The highest BCUT2D eigenvalue weighted by Gasteiger charge is 2.37. The number of nitrogens with one attached hydrogen (secondary N) is 1. The summed E-state index contributed by atoms with van der Waals surface area (Å²) in [5.41, 5.74) is -1.31. The van der Waals surface area contributed by atoms with E-state index in [0.717, 1.165) is 70.6 Å². The van der Waals surface area contributed by atoms with Crippen LogP contribution < -0.4 is 5.32 Å². The van der Waals surface area contributed by atoms with Gasteiger partial charge in [-0.1, -0.05) is 154 Å². The van der Waals surface area contributed by atoms with Gasteiger partial charge in [-0.15, -0.1) is 0 Å². The molecule has 0 spiro atoms. The topological polar surface area (TPSA) is 125 Å². The second kappa shape index (κ2) is 41.3. The first kappa shape index (κ1) is 54.1. The van der Waals surface area contributed by atoms with Gasteiger partial charge in [-0.2, -0.15) is 0 Å². The van der Waals surface area contributed by atoms with E-state index in [9.17, 15) is 24.6 Å². The molecule has 0 bridgehead atoms. The third-order valence-electron chi connectivity index (χ3n) is 10.4. The van der Waals surface area contributed by atoms with Crippen molar-refractivity contribution in [2.24, 2.45) is 0 Å². The Morgan fingerprint density at radius 3 is 1.38 bits per heavy atom. The summed E-state index contributed by atoms with van der Waals surface area (Å²) < 4.78 is 11.8. The predicted octanol–water partition coefficient (Wildman–Crippen LogP) is 11.2. The number of carbonyl (C=O) groups excluding carboxylic acids is 3. The van der Waals surface area contributed by atoms with Gasteiger partial charge in [0, 0.05) is 38.9 Å². The zero-order chi connectivity index (χ0) is 41.2. The maximum Gasteiger partial charge on any atom is 0.306 e. The standard InChI is InChI=1S/C46H86N2O7S/c1-3-5-7-9-11-13-15-17-19-21-23-25-27-29-31-33-43(51)54-42-46(41-47-45(53)56,35-36-48(37-39-49)38-40-50)55-44(52)34-32-30-28-26-24-22-20-18-16-14-12-10-8-6-4-2/h17-20,49-50H,3-16,21-42H2,1-2H3,(H2,47,53,56)/b19-17-,20-18-. The molecule has 0 saturated carbocycles. The van der Waals surface area contributed by atoms with Crippen LogP contribution in [-0.2, 0) is 19.1 Å². The van der Waals surface area contributed by atoms with Crippen LogP contribution in [0.5, 0.6) is 0 Å². The molecule has 0 rings (SSSR count). The molecule has 328 valence electrons. The largest absolute Gasteiger partial charge is 0.461 e. The summed E-state index contributed by atoms with van der Waals surface area (Å²) in [7, 11) is 0. The number of ether oxygens (including phenoxy) is 2. The lowest BCUT2D eigenvalue weighted by molar-refractivity contribution is -0.174. The minimum absolute atomic E-state index is 0.0692. The van der Waals surface area contributed by atoms with Gasteiger partial charge in [-0.05, 0) is 64.2 Å². The Kier molecular flexibility index (Phi) is 39.9. The van der Waals surface area contributed by atoms with E-state index < -0.39 is 16.8 Å². The number of nitrogens with zero attached hydrogens (tertiary/aromatic N) is 1. The van der Waals surface area contributed by atoms with Crippen molar-refractivity contribution in [2.75, 3.05) is 46.0 Å². The summed E-state index contributed by atoms with van der Waals surface area (Å²) in [6, 6.07) is 0. The highest BCUT2D eigenvalue weighted by atomic mass is 32.1. The van der Waals surface area contributed by atoms with Crippen molar-refractivity contribution >= 4 is 29.8 Å². The summed E-state index contributed by atoms with van der Waals surface area (Å²) >= 11 is 3.86. The van der Waals surface area contributed by atoms with Crippen molar-refractivity contribution in [3.05, 3.63) is 24.3 Å². The molecule has 0 fully saturated rings. The van der Waals surface area contributed by atoms with E-state index in [-0.39, 0.29) is 51.6 Å². The number of rotatable bonds is 42. The highest BCUT2D eigenvalue weighted by Crippen LogP contribution is 2.21. The summed E-state index contributed by atoms with van der Waals surface area (Å²) in [5, 5.41) is 21.1. The zero-order valence-corrected chi connectivity index (χ0v) is 37.0. The van der Waals surface area contributed by atoms with Gasteiger partial charge in [0.15, 0.2) is 5.60 Å². The summed E-state index contributed by atoms with van der Waals surface area (Å²) in [6.07, 6.45) is 40.4. The SMILES string of the molecule is CCCCCCCC/C=C\CCCCCCCC(=O)OCC(CCN(CCO)CCO)(CNC(=O)S)OC(=O)CCCCCCC/C=C\CCCCCCCC. The smallest absolute Gasteiger partial charge is 0.306 e. The molecule has 0 saturated heterocycles. The van der Waals surface area contributed by atoms with Gasteiger partial charge in [-0.3, -0.25) is 19.3 Å². The average molecular weight is 811 g/mol. The van der Waals surface area contributed by atoms with Crippen LogP contribution >= 0.6 is 12.6 Å². The lowest BCUT2D eigenvalue weighted by Crippen LogP contribution is -2.51. The summed E-state index contributed by atoms with van der Waals surface area (Å²) in [6.45, 7) is 5.05. The third-order valence-corrected chi connectivity index (χ3v) is 10.5. The third kappa shape index (κ3) is 36.5.